The molecule has 0 N–H and O–H groups in total. The topological polar surface area (TPSA) is 35.6 Å². The van der Waals surface area contributed by atoms with Crippen molar-refractivity contribution in [1.82, 2.24) is 19.1 Å². The molecular weight excluding hydrogens is 346 g/mol. The minimum atomic E-state index is -0.842. The normalized spacial score (nSPS) is 14.2. The van der Waals surface area contributed by atoms with Gasteiger partial charge in [0.1, 0.15) is 0 Å². The third-order valence-corrected chi connectivity index (χ3v) is 5.19. The Morgan fingerprint density at radius 2 is 1.93 bits per heavy atom. The second kappa shape index (κ2) is 6.01. The highest BCUT2D eigenvalue weighted by atomic mass is 19.2. The van der Waals surface area contributed by atoms with Gasteiger partial charge in [-0.05, 0) is 42.7 Å². The van der Waals surface area contributed by atoms with E-state index in [1.54, 1.807) is 18.7 Å². The first kappa shape index (κ1) is 16.2. The molecular formula is C21H18F2N4. The van der Waals surface area contributed by atoms with Gasteiger partial charge in [0.05, 0.1) is 29.4 Å². The van der Waals surface area contributed by atoms with Crippen molar-refractivity contribution < 1.29 is 8.78 Å². The van der Waals surface area contributed by atoms with Crippen molar-refractivity contribution in [3.05, 3.63) is 71.9 Å². The molecule has 5 rings (SSSR count). The monoisotopic (exact) mass is 364 g/mol. The summed E-state index contributed by atoms with van der Waals surface area (Å²) in [5.74, 6) is -1.32. The van der Waals surface area contributed by atoms with Crippen LogP contribution in [-0.2, 0) is 13.6 Å². The van der Waals surface area contributed by atoms with Crippen LogP contribution in [0.5, 0.6) is 0 Å². The zero-order valence-electron chi connectivity index (χ0n) is 14.9. The van der Waals surface area contributed by atoms with Crippen molar-refractivity contribution >= 4 is 11.0 Å². The Morgan fingerprint density at radius 1 is 1.07 bits per heavy atom. The predicted molar refractivity (Wildman–Crippen MR) is 99.4 cm³/mol. The molecule has 0 unspecified atom stereocenters. The van der Waals surface area contributed by atoms with E-state index in [-0.39, 0.29) is 5.56 Å². The van der Waals surface area contributed by atoms with Crippen molar-refractivity contribution in [2.75, 3.05) is 0 Å². The highest BCUT2D eigenvalue weighted by molar-refractivity contribution is 5.76. The fourth-order valence-electron chi connectivity index (χ4n) is 3.66. The number of aromatic nitrogens is 4. The molecule has 136 valence electrons. The van der Waals surface area contributed by atoms with Crippen LogP contribution in [0.2, 0.25) is 0 Å². The number of imidazole rings is 2. The number of benzene rings is 2. The minimum Gasteiger partial charge on any atom is -0.334 e. The van der Waals surface area contributed by atoms with Crippen LogP contribution in [0.1, 0.15) is 30.0 Å². The van der Waals surface area contributed by atoms with E-state index in [0.29, 0.717) is 18.2 Å². The number of rotatable bonds is 4. The van der Waals surface area contributed by atoms with Gasteiger partial charge in [-0.1, -0.05) is 12.1 Å². The van der Waals surface area contributed by atoms with Crippen LogP contribution >= 0.6 is 0 Å². The van der Waals surface area contributed by atoms with Crippen LogP contribution in [0, 0.1) is 11.6 Å². The number of nitrogens with zero attached hydrogens (tertiary/aromatic N) is 4. The summed E-state index contributed by atoms with van der Waals surface area (Å²) in [5, 5.41) is 0. The van der Waals surface area contributed by atoms with Gasteiger partial charge in [0, 0.05) is 30.8 Å². The molecule has 0 radical (unpaired) electrons. The maximum Gasteiger partial charge on any atom is 0.168 e. The van der Waals surface area contributed by atoms with Gasteiger partial charge in [-0.3, -0.25) is 0 Å². The lowest BCUT2D eigenvalue weighted by atomic mass is 10.1. The summed E-state index contributed by atoms with van der Waals surface area (Å²) < 4.78 is 32.1. The Kier molecular flexibility index (Phi) is 3.60. The van der Waals surface area contributed by atoms with Crippen LogP contribution < -0.4 is 0 Å². The van der Waals surface area contributed by atoms with Gasteiger partial charge < -0.3 is 9.13 Å². The zero-order valence-corrected chi connectivity index (χ0v) is 14.9. The predicted octanol–water partition coefficient (Wildman–Crippen LogP) is 4.64. The van der Waals surface area contributed by atoms with Crippen LogP contribution in [0.15, 0.2) is 49.1 Å². The van der Waals surface area contributed by atoms with E-state index in [9.17, 15) is 8.78 Å². The average molecular weight is 364 g/mol. The van der Waals surface area contributed by atoms with Gasteiger partial charge in [-0.25, -0.2) is 18.7 Å². The maximum atomic E-state index is 14.3. The fourth-order valence-corrected chi connectivity index (χ4v) is 3.66. The largest absolute Gasteiger partial charge is 0.334 e. The lowest BCUT2D eigenvalue weighted by Crippen LogP contribution is -2.04. The molecule has 4 aromatic rings. The molecule has 4 nitrogen and oxygen atoms in total. The first-order valence-corrected chi connectivity index (χ1v) is 9.01. The molecule has 1 aliphatic carbocycles. The Labute approximate surface area is 155 Å². The second-order valence-corrected chi connectivity index (χ2v) is 7.16. The quantitative estimate of drug-likeness (QED) is 0.529. The van der Waals surface area contributed by atoms with Crippen LogP contribution in [0.4, 0.5) is 8.78 Å². The second-order valence-electron chi connectivity index (χ2n) is 7.16. The number of aryl methyl sites for hydroxylation is 1. The maximum absolute atomic E-state index is 14.3. The molecule has 0 saturated heterocycles. The molecule has 1 fully saturated rings. The average Bonchev–Trinajstić information content (AvgIpc) is 3.33. The van der Waals surface area contributed by atoms with Crippen molar-refractivity contribution in [3.8, 4) is 11.3 Å². The number of hydrogen-bond donors (Lipinski definition) is 0. The Bertz CT molecular complexity index is 1150. The highest BCUT2D eigenvalue weighted by Gasteiger charge is 2.32. The third-order valence-electron chi connectivity index (χ3n) is 5.19. The van der Waals surface area contributed by atoms with Crippen LogP contribution in [0.25, 0.3) is 22.3 Å². The van der Waals surface area contributed by atoms with E-state index < -0.39 is 11.6 Å². The van der Waals surface area contributed by atoms with E-state index in [2.05, 4.69) is 26.7 Å². The van der Waals surface area contributed by atoms with Gasteiger partial charge in [-0.2, -0.15) is 0 Å². The molecule has 2 aromatic heterocycles. The Balaban J connectivity index is 1.57. The Morgan fingerprint density at radius 3 is 2.74 bits per heavy atom. The number of hydrogen-bond acceptors (Lipinski definition) is 2. The van der Waals surface area contributed by atoms with Gasteiger partial charge in [-0.15, -0.1) is 0 Å². The highest BCUT2D eigenvalue weighted by Crippen LogP contribution is 2.44. The summed E-state index contributed by atoms with van der Waals surface area (Å²) in [6, 6.07) is 10.4. The lowest BCUT2D eigenvalue weighted by molar-refractivity contribution is 0.511. The molecule has 0 atom stereocenters. The molecule has 6 heteroatoms. The fraction of sp³-hybridized carbons (Fsp3) is 0.238. The van der Waals surface area contributed by atoms with Gasteiger partial charge in [0.25, 0.3) is 0 Å². The summed E-state index contributed by atoms with van der Waals surface area (Å²) in [4.78, 5) is 8.80. The molecule has 2 heterocycles. The third kappa shape index (κ3) is 2.72. The molecule has 1 aliphatic rings. The molecule has 2 aromatic carbocycles. The van der Waals surface area contributed by atoms with Gasteiger partial charge in [0.15, 0.2) is 11.6 Å². The first-order valence-electron chi connectivity index (χ1n) is 9.01. The molecule has 0 amide bonds. The number of fused-ring (bicyclic) bond motifs is 1. The van der Waals surface area contributed by atoms with Crippen LogP contribution in [-0.4, -0.2) is 19.1 Å². The summed E-state index contributed by atoms with van der Waals surface area (Å²) in [7, 11) is 1.97. The molecule has 1 saturated carbocycles. The summed E-state index contributed by atoms with van der Waals surface area (Å²) in [6.45, 7) is 0.636. The smallest absolute Gasteiger partial charge is 0.168 e. The van der Waals surface area contributed by atoms with Gasteiger partial charge >= 0.3 is 0 Å². The minimum absolute atomic E-state index is 0.234. The SMILES string of the molecule is Cn1cnc2ccc(Cn3cnc(-c4cccc(F)c4F)c3C3CC3)cc21. The van der Waals surface area contributed by atoms with E-state index in [1.165, 1.54) is 6.07 Å². The molecule has 0 spiro atoms. The van der Waals surface area contributed by atoms with Crippen molar-refractivity contribution in [2.45, 2.75) is 25.3 Å². The number of halogens is 2. The molecule has 0 bridgehead atoms. The van der Waals surface area contributed by atoms with Crippen molar-refractivity contribution in [3.63, 3.8) is 0 Å². The zero-order chi connectivity index (χ0) is 18.5. The van der Waals surface area contributed by atoms with E-state index in [0.717, 1.165) is 41.2 Å². The summed E-state index contributed by atoms with van der Waals surface area (Å²) >= 11 is 0. The lowest BCUT2D eigenvalue weighted by Gasteiger charge is -2.11. The van der Waals surface area contributed by atoms with Crippen LogP contribution in [0.3, 0.4) is 0 Å². The van der Waals surface area contributed by atoms with E-state index >= 15 is 0 Å². The van der Waals surface area contributed by atoms with E-state index in [4.69, 9.17) is 0 Å². The van der Waals surface area contributed by atoms with Crippen molar-refractivity contribution in [2.24, 2.45) is 7.05 Å². The summed E-state index contributed by atoms with van der Waals surface area (Å²) in [6.07, 6.45) is 5.64. The van der Waals surface area contributed by atoms with Gasteiger partial charge in [0.2, 0.25) is 0 Å². The van der Waals surface area contributed by atoms with Crippen molar-refractivity contribution in [1.29, 1.82) is 0 Å². The molecule has 0 aliphatic heterocycles. The standard InChI is InChI=1S/C21H18F2N4/c1-26-11-24-17-8-5-13(9-18(17)26)10-27-12-25-20(21(27)14-6-7-14)15-3-2-4-16(22)19(15)23/h2-5,8-9,11-12,14H,6-7,10H2,1H3. The van der Waals surface area contributed by atoms with E-state index in [1.807, 2.05) is 17.7 Å². The first-order chi connectivity index (χ1) is 13.1. The molecule has 27 heavy (non-hydrogen) atoms. The summed E-state index contributed by atoms with van der Waals surface area (Å²) in [5.41, 5.74) is 4.92. The Hall–Kier alpha value is -3.02.